The van der Waals surface area contributed by atoms with Crippen molar-refractivity contribution in [2.45, 2.75) is 49.0 Å². The zero-order chi connectivity index (χ0) is 20.4. The molecule has 0 aromatic heterocycles. The summed E-state index contributed by atoms with van der Waals surface area (Å²) in [5.74, 6) is -0.480. The Bertz CT molecular complexity index is 876. The lowest BCUT2D eigenvalue weighted by Gasteiger charge is -2.19. The minimum absolute atomic E-state index is 0.0360. The maximum atomic E-state index is 12.5. The second kappa shape index (κ2) is 7.88. The highest BCUT2D eigenvalue weighted by molar-refractivity contribution is 7.89. The molecule has 0 radical (unpaired) electrons. The van der Waals surface area contributed by atoms with Gasteiger partial charge >= 0.3 is 6.03 Å². The normalized spacial score (nSPS) is 18.5. The Morgan fingerprint density at radius 1 is 1.18 bits per heavy atom. The first kappa shape index (κ1) is 20.3. The number of carbonyl (C=O) groups excluding carboxylic acids is 3. The molecule has 1 spiro atoms. The first-order chi connectivity index (χ1) is 13.2. The fraction of sp³-hybridized carbons (Fsp3) is 0.500. The molecule has 9 nitrogen and oxygen atoms in total. The first-order valence-corrected chi connectivity index (χ1v) is 10.8. The lowest BCUT2D eigenvalue weighted by atomic mass is 9.98. The van der Waals surface area contributed by atoms with Crippen LogP contribution in [0.15, 0.2) is 29.2 Å². The third-order valence-electron chi connectivity index (χ3n) is 5.25. The standard InChI is InChI=1S/C18H24N4O5S/c19-28(26,27)14-5-3-13(4-6-14)7-11-20-15(23)8-12-22-16(24)18(21-17(22)25)9-1-2-10-18/h3-6H,1-2,7-12H2,(H,20,23)(H,21,25)(H2,19,26,27). The molecule has 1 saturated heterocycles. The molecule has 0 atom stereocenters. The predicted octanol–water partition coefficient (Wildman–Crippen LogP) is 0.247. The van der Waals surface area contributed by atoms with Gasteiger partial charge in [-0.2, -0.15) is 0 Å². The monoisotopic (exact) mass is 408 g/mol. The van der Waals surface area contributed by atoms with Crippen LogP contribution in [0.5, 0.6) is 0 Å². The van der Waals surface area contributed by atoms with Gasteiger partial charge in [-0.05, 0) is 37.0 Å². The Kier molecular flexibility index (Phi) is 5.71. The van der Waals surface area contributed by atoms with Crippen molar-refractivity contribution in [2.24, 2.45) is 5.14 Å². The third kappa shape index (κ3) is 4.33. The number of sulfonamides is 1. The fourth-order valence-corrected chi connectivity index (χ4v) is 4.21. The van der Waals surface area contributed by atoms with Crippen LogP contribution in [-0.2, 0) is 26.0 Å². The summed E-state index contributed by atoms with van der Waals surface area (Å²) in [7, 11) is -3.72. The molecule has 3 rings (SSSR count). The molecular weight excluding hydrogens is 384 g/mol. The van der Waals surface area contributed by atoms with E-state index in [1.807, 2.05) is 0 Å². The fourth-order valence-electron chi connectivity index (χ4n) is 3.69. The summed E-state index contributed by atoms with van der Waals surface area (Å²) in [5, 5.41) is 10.6. The number of amides is 4. The van der Waals surface area contributed by atoms with E-state index in [1.165, 1.54) is 12.1 Å². The van der Waals surface area contributed by atoms with E-state index in [9.17, 15) is 22.8 Å². The molecule has 4 N–H and O–H groups in total. The zero-order valence-corrected chi connectivity index (χ0v) is 16.3. The lowest BCUT2D eigenvalue weighted by Crippen LogP contribution is -2.44. The van der Waals surface area contributed by atoms with Crippen LogP contribution in [0.1, 0.15) is 37.7 Å². The Labute approximate surface area is 163 Å². The number of hydrogen-bond acceptors (Lipinski definition) is 5. The number of primary sulfonamides is 1. The predicted molar refractivity (Wildman–Crippen MR) is 101 cm³/mol. The van der Waals surface area contributed by atoms with Gasteiger partial charge < -0.3 is 10.6 Å². The largest absolute Gasteiger partial charge is 0.356 e. The van der Waals surface area contributed by atoms with Gasteiger partial charge in [-0.15, -0.1) is 0 Å². The van der Waals surface area contributed by atoms with Crippen molar-refractivity contribution in [1.29, 1.82) is 0 Å². The van der Waals surface area contributed by atoms with E-state index in [0.29, 0.717) is 25.8 Å². The van der Waals surface area contributed by atoms with Crippen LogP contribution < -0.4 is 15.8 Å². The van der Waals surface area contributed by atoms with E-state index < -0.39 is 21.6 Å². The number of urea groups is 1. The maximum Gasteiger partial charge on any atom is 0.325 e. The molecule has 0 unspecified atom stereocenters. The molecule has 1 heterocycles. The maximum absolute atomic E-state index is 12.5. The van der Waals surface area contributed by atoms with Gasteiger partial charge in [-0.1, -0.05) is 25.0 Å². The average molecular weight is 408 g/mol. The third-order valence-corrected chi connectivity index (χ3v) is 6.18. The minimum Gasteiger partial charge on any atom is -0.356 e. The quantitative estimate of drug-likeness (QED) is 0.555. The second-order valence-corrected chi connectivity index (χ2v) is 8.78. The van der Waals surface area contributed by atoms with Crippen molar-refractivity contribution in [1.82, 2.24) is 15.5 Å². The molecule has 2 fully saturated rings. The van der Waals surface area contributed by atoms with Gasteiger partial charge in [0.25, 0.3) is 5.91 Å². The van der Waals surface area contributed by atoms with E-state index in [0.717, 1.165) is 23.3 Å². The molecule has 1 aliphatic heterocycles. The summed E-state index contributed by atoms with van der Waals surface area (Å²) < 4.78 is 22.4. The van der Waals surface area contributed by atoms with Crippen molar-refractivity contribution < 1.29 is 22.8 Å². The highest BCUT2D eigenvalue weighted by atomic mass is 32.2. The molecule has 28 heavy (non-hydrogen) atoms. The highest BCUT2D eigenvalue weighted by Gasteiger charge is 2.52. The van der Waals surface area contributed by atoms with Gasteiger partial charge in [0.2, 0.25) is 15.9 Å². The number of carbonyl (C=O) groups is 3. The Morgan fingerprint density at radius 2 is 1.82 bits per heavy atom. The summed E-state index contributed by atoms with van der Waals surface area (Å²) in [5.41, 5.74) is 0.0986. The number of imide groups is 1. The van der Waals surface area contributed by atoms with Gasteiger partial charge in [0.05, 0.1) is 4.90 Å². The first-order valence-electron chi connectivity index (χ1n) is 9.24. The molecule has 1 aromatic carbocycles. The van der Waals surface area contributed by atoms with E-state index in [2.05, 4.69) is 10.6 Å². The topological polar surface area (TPSA) is 139 Å². The van der Waals surface area contributed by atoms with Gasteiger partial charge in [-0.3, -0.25) is 14.5 Å². The Morgan fingerprint density at radius 3 is 2.43 bits per heavy atom. The van der Waals surface area contributed by atoms with Crippen LogP contribution >= 0.6 is 0 Å². The summed E-state index contributed by atoms with van der Waals surface area (Å²) in [6, 6.07) is 5.70. The van der Waals surface area contributed by atoms with E-state index >= 15 is 0 Å². The summed E-state index contributed by atoms with van der Waals surface area (Å²) in [6.07, 6.45) is 3.70. The molecule has 4 amide bonds. The number of nitrogens with two attached hydrogens (primary N) is 1. The zero-order valence-electron chi connectivity index (χ0n) is 15.4. The van der Waals surface area contributed by atoms with Gasteiger partial charge in [-0.25, -0.2) is 18.4 Å². The Balaban J connectivity index is 1.42. The smallest absolute Gasteiger partial charge is 0.325 e. The van der Waals surface area contributed by atoms with Crippen molar-refractivity contribution in [3.8, 4) is 0 Å². The van der Waals surface area contributed by atoms with Crippen molar-refractivity contribution >= 4 is 27.9 Å². The van der Waals surface area contributed by atoms with Crippen LogP contribution in [0.3, 0.4) is 0 Å². The SMILES string of the molecule is NS(=O)(=O)c1ccc(CCNC(=O)CCN2C(=O)NC3(CCCC3)C2=O)cc1. The number of rotatable bonds is 7. The van der Waals surface area contributed by atoms with Crippen LogP contribution in [0.2, 0.25) is 0 Å². The molecular formula is C18H24N4O5S. The minimum atomic E-state index is -3.72. The van der Waals surface area contributed by atoms with Crippen LogP contribution in [0.25, 0.3) is 0 Å². The summed E-state index contributed by atoms with van der Waals surface area (Å²) >= 11 is 0. The van der Waals surface area contributed by atoms with Gasteiger partial charge in [0.1, 0.15) is 5.54 Å². The second-order valence-electron chi connectivity index (χ2n) is 7.22. The Hall–Kier alpha value is -2.46. The van der Waals surface area contributed by atoms with Crippen LogP contribution in [0, 0.1) is 0 Å². The van der Waals surface area contributed by atoms with E-state index in [-0.39, 0.29) is 29.7 Å². The molecule has 1 aliphatic carbocycles. The molecule has 10 heteroatoms. The average Bonchev–Trinajstić information content (AvgIpc) is 3.19. The molecule has 1 saturated carbocycles. The number of benzene rings is 1. The summed E-state index contributed by atoms with van der Waals surface area (Å²) in [6.45, 7) is 0.416. The lowest BCUT2D eigenvalue weighted by molar-refractivity contribution is -0.131. The molecule has 152 valence electrons. The van der Waals surface area contributed by atoms with Gasteiger partial charge in [0.15, 0.2) is 0 Å². The van der Waals surface area contributed by atoms with Crippen molar-refractivity contribution in [3.05, 3.63) is 29.8 Å². The number of nitrogens with zero attached hydrogens (tertiary/aromatic N) is 1. The highest BCUT2D eigenvalue weighted by Crippen LogP contribution is 2.34. The summed E-state index contributed by atoms with van der Waals surface area (Å²) in [4.78, 5) is 37.8. The molecule has 2 aliphatic rings. The van der Waals surface area contributed by atoms with Crippen LogP contribution in [-0.4, -0.2) is 49.8 Å². The molecule has 0 bridgehead atoms. The molecule has 1 aromatic rings. The van der Waals surface area contributed by atoms with E-state index in [4.69, 9.17) is 5.14 Å². The number of nitrogens with one attached hydrogen (secondary N) is 2. The number of hydrogen-bond donors (Lipinski definition) is 3. The van der Waals surface area contributed by atoms with Crippen molar-refractivity contribution in [3.63, 3.8) is 0 Å². The van der Waals surface area contributed by atoms with Crippen LogP contribution in [0.4, 0.5) is 4.79 Å². The van der Waals surface area contributed by atoms with Crippen molar-refractivity contribution in [2.75, 3.05) is 13.1 Å². The van der Waals surface area contributed by atoms with Gasteiger partial charge in [0, 0.05) is 19.5 Å². The van der Waals surface area contributed by atoms with E-state index in [1.54, 1.807) is 12.1 Å².